The van der Waals surface area contributed by atoms with Crippen LogP contribution in [0.4, 0.5) is 0 Å². The normalized spacial score (nSPS) is 59.0. The quantitative estimate of drug-likeness (QED) is 0.491. The number of fused-ring (bicyclic) bond motifs is 1. The number of cyclic esters (lactones) is 1. The predicted octanol–water partition coefficient (Wildman–Crippen LogP) is 4.35. The van der Waals surface area contributed by atoms with Crippen LogP contribution in [0.2, 0.25) is 0 Å². The fourth-order valence-corrected chi connectivity index (χ4v) is 8.29. The zero-order valence-electron chi connectivity index (χ0n) is 14.0. The molecule has 1 saturated heterocycles. The van der Waals surface area contributed by atoms with E-state index in [-0.39, 0.29) is 16.8 Å². The molecule has 1 spiro atoms. The van der Waals surface area contributed by atoms with Gasteiger partial charge in [0.1, 0.15) is 0 Å². The minimum Gasteiger partial charge on any atom is -0.465 e. The first kappa shape index (κ1) is 13.6. The van der Waals surface area contributed by atoms with E-state index in [0.29, 0.717) is 29.8 Å². The molecular weight excluding hydrogens is 272 g/mol. The van der Waals surface area contributed by atoms with Gasteiger partial charge in [0.2, 0.25) is 0 Å². The molecule has 5 aliphatic rings. The Hall–Kier alpha value is -0.790. The Balaban J connectivity index is 1.73. The fraction of sp³-hybridized carbons (Fsp3) is 0.850. The Bertz CT molecular complexity index is 580. The van der Waals surface area contributed by atoms with Gasteiger partial charge in [-0.25, -0.2) is 0 Å². The van der Waals surface area contributed by atoms with E-state index >= 15 is 0 Å². The van der Waals surface area contributed by atoms with E-state index in [1.807, 2.05) is 0 Å². The topological polar surface area (TPSA) is 26.3 Å². The molecule has 0 N–H and O–H groups in total. The Morgan fingerprint density at radius 2 is 2.09 bits per heavy atom. The van der Waals surface area contributed by atoms with E-state index in [2.05, 4.69) is 20.4 Å². The SMILES string of the molecule is C=C1C[C@]23C[C@H]1CC[C@H]2[C@@]12CCC[C@@](C)(COC1=O)[C@H]2[C@@H]3C. The molecule has 0 aromatic rings. The summed E-state index contributed by atoms with van der Waals surface area (Å²) >= 11 is 0. The van der Waals surface area contributed by atoms with Gasteiger partial charge in [0.05, 0.1) is 12.0 Å². The van der Waals surface area contributed by atoms with Crippen LogP contribution in [0.1, 0.15) is 58.8 Å². The summed E-state index contributed by atoms with van der Waals surface area (Å²) < 4.78 is 5.82. The van der Waals surface area contributed by atoms with Gasteiger partial charge in [0, 0.05) is 5.41 Å². The molecule has 0 aromatic heterocycles. The lowest BCUT2D eigenvalue weighted by atomic mass is 9.51. The van der Waals surface area contributed by atoms with Crippen molar-refractivity contribution >= 4 is 5.97 Å². The molecule has 2 heteroatoms. The van der Waals surface area contributed by atoms with Crippen molar-refractivity contribution in [3.63, 3.8) is 0 Å². The van der Waals surface area contributed by atoms with Crippen molar-refractivity contribution in [1.29, 1.82) is 0 Å². The lowest BCUT2D eigenvalue weighted by Gasteiger charge is -2.55. The first-order valence-corrected chi connectivity index (χ1v) is 9.29. The summed E-state index contributed by atoms with van der Waals surface area (Å²) in [6, 6.07) is 0. The number of hydrogen-bond donors (Lipinski definition) is 0. The first-order valence-electron chi connectivity index (χ1n) is 9.29. The van der Waals surface area contributed by atoms with Crippen LogP contribution in [-0.4, -0.2) is 12.6 Å². The van der Waals surface area contributed by atoms with Crippen molar-refractivity contribution in [2.24, 2.45) is 39.9 Å². The van der Waals surface area contributed by atoms with Crippen LogP contribution >= 0.6 is 0 Å². The number of carbonyl (C=O) groups is 1. The molecule has 0 unspecified atom stereocenters. The Morgan fingerprint density at radius 1 is 1.27 bits per heavy atom. The predicted molar refractivity (Wildman–Crippen MR) is 85.0 cm³/mol. The van der Waals surface area contributed by atoms with Crippen molar-refractivity contribution in [1.82, 2.24) is 0 Å². The molecule has 4 bridgehead atoms. The lowest BCUT2D eigenvalue weighted by Crippen LogP contribution is -2.58. The van der Waals surface area contributed by atoms with Crippen LogP contribution in [0.25, 0.3) is 0 Å². The van der Waals surface area contributed by atoms with E-state index < -0.39 is 0 Å². The maximum absolute atomic E-state index is 13.1. The van der Waals surface area contributed by atoms with Crippen molar-refractivity contribution in [2.45, 2.75) is 58.8 Å². The third-order valence-corrected chi connectivity index (χ3v) is 8.84. The largest absolute Gasteiger partial charge is 0.465 e. The van der Waals surface area contributed by atoms with Gasteiger partial charge in [0.15, 0.2) is 0 Å². The molecule has 1 heterocycles. The van der Waals surface area contributed by atoms with Gasteiger partial charge >= 0.3 is 5.97 Å². The fourth-order valence-electron chi connectivity index (χ4n) is 8.29. The van der Waals surface area contributed by atoms with Gasteiger partial charge in [0.25, 0.3) is 0 Å². The second kappa shape index (κ2) is 3.82. The average molecular weight is 300 g/mol. The molecule has 0 amide bonds. The molecule has 1 aliphatic heterocycles. The van der Waals surface area contributed by atoms with Gasteiger partial charge in [-0.15, -0.1) is 0 Å². The molecule has 4 aliphatic carbocycles. The highest BCUT2D eigenvalue weighted by molar-refractivity contribution is 5.80. The minimum absolute atomic E-state index is 0.153. The van der Waals surface area contributed by atoms with Gasteiger partial charge in [-0.2, -0.15) is 0 Å². The summed E-state index contributed by atoms with van der Waals surface area (Å²) in [6.45, 7) is 9.95. The van der Waals surface area contributed by atoms with Gasteiger partial charge in [-0.1, -0.05) is 32.4 Å². The summed E-state index contributed by atoms with van der Waals surface area (Å²) in [5, 5.41) is 0. The highest BCUT2D eigenvalue weighted by atomic mass is 16.5. The summed E-state index contributed by atoms with van der Waals surface area (Å²) in [6.07, 6.45) is 8.52. The number of allylic oxidation sites excluding steroid dienone is 1. The molecule has 120 valence electrons. The van der Waals surface area contributed by atoms with Crippen molar-refractivity contribution in [2.75, 3.05) is 6.61 Å². The third kappa shape index (κ3) is 1.22. The molecule has 4 saturated carbocycles. The van der Waals surface area contributed by atoms with E-state index in [9.17, 15) is 4.79 Å². The summed E-state index contributed by atoms with van der Waals surface area (Å²) in [4.78, 5) is 13.1. The first-order chi connectivity index (χ1) is 10.4. The zero-order valence-corrected chi connectivity index (χ0v) is 14.0. The summed E-state index contributed by atoms with van der Waals surface area (Å²) in [7, 11) is 0. The second-order valence-corrected chi connectivity index (χ2v) is 9.49. The van der Waals surface area contributed by atoms with E-state index in [0.717, 1.165) is 12.3 Å². The molecule has 7 atom stereocenters. The van der Waals surface area contributed by atoms with Crippen molar-refractivity contribution < 1.29 is 9.53 Å². The number of hydrogen-bond acceptors (Lipinski definition) is 2. The Morgan fingerprint density at radius 3 is 2.91 bits per heavy atom. The Labute approximate surface area is 133 Å². The van der Waals surface area contributed by atoms with Gasteiger partial charge in [-0.05, 0) is 67.6 Å². The minimum atomic E-state index is -0.153. The summed E-state index contributed by atoms with van der Waals surface area (Å²) in [5.74, 6) is 2.66. The van der Waals surface area contributed by atoms with E-state index in [1.54, 1.807) is 0 Å². The molecule has 0 aromatic carbocycles. The molecular formula is C20H28O2. The van der Waals surface area contributed by atoms with Crippen LogP contribution < -0.4 is 0 Å². The van der Waals surface area contributed by atoms with Crippen LogP contribution in [-0.2, 0) is 9.53 Å². The molecule has 5 fully saturated rings. The maximum atomic E-state index is 13.1. The smallest absolute Gasteiger partial charge is 0.312 e. The van der Waals surface area contributed by atoms with Crippen molar-refractivity contribution in [3.05, 3.63) is 12.2 Å². The summed E-state index contributed by atoms with van der Waals surface area (Å²) in [5.41, 5.74) is 1.91. The number of carbonyl (C=O) groups excluding carboxylic acids is 1. The number of rotatable bonds is 0. The highest BCUT2D eigenvalue weighted by Crippen LogP contribution is 2.78. The number of ether oxygens (including phenoxy) is 1. The lowest BCUT2D eigenvalue weighted by molar-refractivity contribution is -0.199. The van der Waals surface area contributed by atoms with Crippen molar-refractivity contribution in [3.8, 4) is 0 Å². The zero-order chi connectivity index (χ0) is 15.3. The molecule has 2 nitrogen and oxygen atoms in total. The van der Waals surface area contributed by atoms with E-state index in [4.69, 9.17) is 4.74 Å². The molecule has 0 radical (unpaired) electrons. The standard InChI is InChI=1S/C20H28O2/c1-12-9-19-10-14(12)5-6-15(19)20-8-4-7-18(3,11-22-17(20)21)16(20)13(19)2/h13-16H,1,4-11H2,2-3H3/t13-,14+,15+,16+,18-,19+,20+/m0/s1. The molecule has 5 rings (SSSR count). The van der Waals surface area contributed by atoms with Crippen LogP contribution in [0.5, 0.6) is 0 Å². The molecule has 22 heavy (non-hydrogen) atoms. The van der Waals surface area contributed by atoms with Gasteiger partial charge in [-0.3, -0.25) is 4.79 Å². The number of esters is 1. The second-order valence-electron chi connectivity index (χ2n) is 9.49. The van der Waals surface area contributed by atoms with Crippen LogP contribution in [0.15, 0.2) is 12.2 Å². The Kier molecular flexibility index (Phi) is 2.36. The van der Waals surface area contributed by atoms with Gasteiger partial charge < -0.3 is 4.74 Å². The third-order valence-electron chi connectivity index (χ3n) is 8.84. The monoisotopic (exact) mass is 300 g/mol. The maximum Gasteiger partial charge on any atom is 0.312 e. The van der Waals surface area contributed by atoms with Crippen LogP contribution in [0.3, 0.4) is 0 Å². The highest BCUT2D eigenvalue weighted by Gasteiger charge is 2.76. The van der Waals surface area contributed by atoms with E-state index in [1.165, 1.54) is 44.1 Å². The van der Waals surface area contributed by atoms with Crippen LogP contribution in [0, 0.1) is 39.9 Å². The average Bonchev–Trinajstić information content (AvgIpc) is 2.87.